The normalized spacial score (nSPS) is 10.4. The van der Waals surface area contributed by atoms with Crippen LogP contribution in [0, 0.1) is 0 Å². The lowest BCUT2D eigenvalue weighted by Crippen LogP contribution is -2.07. The number of aromatic nitrogens is 2. The predicted molar refractivity (Wildman–Crippen MR) is 79.5 cm³/mol. The molecule has 0 radical (unpaired) electrons. The van der Waals surface area contributed by atoms with E-state index in [4.69, 9.17) is 10.5 Å². The number of ether oxygens (including phenoxy) is 1. The molecule has 5 heteroatoms. The summed E-state index contributed by atoms with van der Waals surface area (Å²) in [4.78, 5) is 8.20. The Morgan fingerprint density at radius 1 is 1.11 bits per heavy atom. The van der Waals surface area contributed by atoms with Crippen LogP contribution in [0.4, 0.5) is 11.8 Å². The van der Waals surface area contributed by atoms with Gasteiger partial charge in [0.05, 0.1) is 6.61 Å². The van der Waals surface area contributed by atoms with Gasteiger partial charge in [-0.3, -0.25) is 0 Å². The molecule has 0 aliphatic carbocycles. The van der Waals surface area contributed by atoms with Gasteiger partial charge in [-0.05, 0) is 12.8 Å². The van der Waals surface area contributed by atoms with E-state index in [2.05, 4.69) is 29.1 Å². The highest BCUT2D eigenvalue weighted by Gasteiger charge is 2.02. The summed E-state index contributed by atoms with van der Waals surface area (Å²) in [5, 5.41) is 3.27. The van der Waals surface area contributed by atoms with Crippen LogP contribution in [0.1, 0.15) is 52.4 Å². The molecule has 0 amide bonds. The smallest absolute Gasteiger partial charge is 0.225 e. The van der Waals surface area contributed by atoms with Crippen LogP contribution in [0.3, 0.4) is 0 Å². The summed E-state index contributed by atoms with van der Waals surface area (Å²) in [6.45, 7) is 5.83. The van der Waals surface area contributed by atoms with Crippen LogP contribution >= 0.6 is 0 Å². The number of hydrogen-bond donors (Lipinski definition) is 2. The molecule has 5 nitrogen and oxygen atoms in total. The third-order valence-electron chi connectivity index (χ3n) is 2.76. The van der Waals surface area contributed by atoms with E-state index < -0.39 is 0 Å². The van der Waals surface area contributed by atoms with Gasteiger partial charge in [-0.25, -0.2) is 0 Å². The van der Waals surface area contributed by atoms with E-state index in [0.29, 0.717) is 12.5 Å². The van der Waals surface area contributed by atoms with Crippen molar-refractivity contribution in [3.8, 4) is 5.88 Å². The van der Waals surface area contributed by atoms with Gasteiger partial charge >= 0.3 is 0 Å². The predicted octanol–water partition coefficient (Wildman–Crippen LogP) is 3.23. The topological polar surface area (TPSA) is 73.1 Å². The van der Waals surface area contributed by atoms with Gasteiger partial charge in [0.25, 0.3) is 0 Å². The second-order valence-electron chi connectivity index (χ2n) is 4.64. The van der Waals surface area contributed by atoms with Crippen LogP contribution in [-0.2, 0) is 0 Å². The summed E-state index contributed by atoms with van der Waals surface area (Å²) in [6, 6.07) is 1.80. The van der Waals surface area contributed by atoms with E-state index in [1.165, 1.54) is 25.7 Å². The zero-order chi connectivity index (χ0) is 13.9. The molecule has 0 aliphatic heterocycles. The molecule has 1 aromatic heterocycles. The summed E-state index contributed by atoms with van der Waals surface area (Å²) in [5.41, 5.74) is 5.66. The van der Waals surface area contributed by atoms with E-state index in [0.717, 1.165) is 25.2 Å². The van der Waals surface area contributed by atoms with E-state index in [1.54, 1.807) is 6.07 Å². The standard InChI is InChI=1S/C14H26N4O/c1-3-5-6-7-8-9-16-12-11-13(19-10-4-2)18-14(15)17-12/h11H,3-10H2,1-2H3,(H3,15,16,17,18). The summed E-state index contributed by atoms with van der Waals surface area (Å²) in [6.07, 6.45) is 7.23. The second-order valence-corrected chi connectivity index (χ2v) is 4.64. The molecule has 0 fully saturated rings. The van der Waals surface area contributed by atoms with E-state index in [-0.39, 0.29) is 5.95 Å². The minimum absolute atomic E-state index is 0.252. The largest absolute Gasteiger partial charge is 0.477 e. The van der Waals surface area contributed by atoms with Gasteiger partial charge in [0, 0.05) is 12.6 Å². The zero-order valence-electron chi connectivity index (χ0n) is 12.1. The molecule has 0 unspecified atom stereocenters. The summed E-state index contributed by atoms with van der Waals surface area (Å²) < 4.78 is 5.46. The van der Waals surface area contributed by atoms with Crippen molar-refractivity contribution in [3.63, 3.8) is 0 Å². The lowest BCUT2D eigenvalue weighted by Gasteiger charge is -2.09. The molecule has 0 saturated carbocycles. The number of nitrogens with one attached hydrogen (secondary N) is 1. The van der Waals surface area contributed by atoms with Gasteiger partial charge in [-0.1, -0.05) is 39.5 Å². The maximum atomic E-state index is 5.66. The van der Waals surface area contributed by atoms with E-state index in [9.17, 15) is 0 Å². The van der Waals surface area contributed by atoms with Gasteiger partial charge in [0.1, 0.15) is 5.82 Å². The van der Waals surface area contributed by atoms with Crippen molar-refractivity contribution < 1.29 is 4.74 Å². The highest BCUT2D eigenvalue weighted by atomic mass is 16.5. The minimum Gasteiger partial charge on any atom is -0.477 e. The Morgan fingerprint density at radius 2 is 1.89 bits per heavy atom. The van der Waals surface area contributed by atoms with Crippen molar-refractivity contribution in [1.29, 1.82) is 0 Å². The average Bonchev–Trinajstić information content (AvgIpc) is 2.40. The number of unbranched alkanes of at least 4 members (excludes halogenated alkanes) is 4. The van der Waals surface area contributed by atoms with Crippen molar-refractivity contribution >= 4 is 11.8 Å². The van der Waals surface area contributed by atoms with Crippen LogP contribution in [0.15, 0.2) is 6.07 Å². The monoisotopic (exact) mass is 266 g/mol. The lowest BCUT2D eigenvalue weighted by atomic mass is 10.1. The third kappa shape index (κ3) is 6.84. The molecule has 0 atom stereocenters. The molecule has 1 aromatic rings. The molecule has 3 N–H and O–H groups in total. The number of rotatable bonds is 10. The molecular weight excluding hydrogens is 240 g/mol. The van der Waals surface area contributed by atoms with Gasteiger partial charge in [0.2, 0.25) is 11.8 Å². The highest BCUT2D eigenvalue weighted by Crippen LogP contribution is 2.15. The van der Waals surface area contributed by atoms with E-state index in [1.807, 2.05) is 0 Å². The molecule has 0 bridgehead atoms. The van der Waals surface area contributed by atoms with Gasteiger partial charge in [-0.15, -0.1) is 0 Å². The first kappa shape index (κ1) is 15.5. The third-order valence-corrected chi connectivity index (χ3v) is 2.76. The molecule has 108 valence electrons. The van der Waals surface area contributed by atoms with Crippen molar-refractivity contribution in [1.82, 2.24) is 9.97 Å². The summed E-state index contributed by atoms with van der Waals surface area (Å²) >= 11 is 0. The molecule has 0 saturated heterocycles. The SMILES string of the molecule is CCCCCCCNc1cc(OCCC)nc(N)n1. The Morgan fingerprint density at radius 3 is 2.63 bits per heavy atom. The fourth-order valence-corrected chi connectivity index (χ4v) is 1.76. The maximum absolute atomic E-state index is 5.66. The molecule has 1 rings (SSSR count). The molecule has 1 heterocycles. The second kappa shape index (κ2) is 9.42. The number of nitrogens with zero attached hydrogens (tertiary/aromatic N) is 2. The Hall–Kier alpha value is -1.52. The fraction of sp³-hybridized carbons (Fsp3) is 0.714. The Labute approximate surface area is 116 Å². The average molecular weight is 266 g/mol. The van der Waals surface area contributed by atoms with Crippen molar-refractivity contribution in [2.75, 3.05) is 24.2 Å². The van der Waals surface area contributed by atoms with Gasteiger partial charge in [-0.2, -0.15) is 9.97 Å². The Kier molecular flexibility index (Phi) is 7.70. The molecular formula is C14H26N4O. The highest BCUT2D eigenvalue weighted by molar-refractivity contribution is 5.42. The van der Waals surface area contributed by atoms with E-state index >= 15 is 0 Å². The number of nitrogens with two attached hydrogens (primary N) is 1. The van der Waals surface area contributed by atoms with Crippen molar-refractivity contribution in [2.45, 2.75) is 52.4 Å². The quantitative estimate of drug-likeness (QED) is 0.636. The van der Waals surface area contributed by atoms with Crippen LogP contribution < -0.4 is 15.8 Å². The molecule has 0 aliphatic rings. The number of anilines is 2. The minimum atomic E-state index is 0.252. The van der Waals surface area contributed by atoms with Crippen LogP contribution in [0.2, 0.25) is 0 Å². The molecule has 19 heavy (non-hydrogen) atoms. The van der Waals surface area contributed by atoms with Crippen LogP contribution in [-0.4, -0.2) is 23.1 Å². The Bertz CT molecular complexity index is 357. The molecule has 0 spiro atoms. The van der Waals surface area contributed by atoms with Gasteiger partial charge in [0.15, 0.2) is 0 Å². The van der Waals surface area contributed by atoms with Crippen LogP contribution in [0.5, 0.6) is 5.88 Å². The lowest BCUT2D eigenvalue weighted by molar-refractivity contribution is 0.305. The first-order chi connectivity index (χ1) is 9.26. The first-order valence-electron chi connectivity index (χ1n) is 7.27. The zero-order valence-corrected chi connectivity index (χ0v) is 12.1. The fourth-order valence-electron chi connectivity index (χ4n) is 1.76. The number of hydrogen-bond acceptors (Lipinski definition) is 5. The van der Waals surface area contributed by atoms with Crippen LogP contribution in [0.25, 0.3) is 0 Å². The summed E-state index contributed by atoms with van der Waals surface area (Å²) in [7, 11) is 0. The first-order valence-corrected chi connectivity index (χ1v) is 7.27. The summed E-state index contributed by atoms with van der Waals surface area (Å²) in [5.74, 6) is 1.54. The van der Waals surface area contributed by atoms with Crippen molar-refractivity contribution in [3.05, 3.63) is 6.07 Å². The Balaban J connectivity index is 2.34. The number of nitrogen functional groups attached to an aromatic ring is 1. The maximum Gasteiger partial charge on any atom is 0.225 e. The van der Waals surface area contributed by atoms with Gasteiger partial charge < -0.3 is 15.8 Å². The molecule has 0 aromatic carbocycles. The van der Waals surface area contributed by atoms with Crippen molar-refractivity contribution in [2.24, 2.45) is 0 Å².